The molecule has 1 heterocycles. The zero-order chi connectivity index (χ0) is 18.6. The van der Waals surface area contributed by atoms with Crippen molar-refractivity contribution in [2.45, 2.75) is 6.54 Å². The van der Waals surface area contributed by atoms with Gasteiger partial charge in [-0.15, -0.1) is 0 Å². The van der Waals surface area contributed by atoms with Crippen LogP contribution in [0.2, 0.25) is 5.02 Å². The molecule has 0 aliphatic carbocycles. The molecule has 134 valence electrons. The summed E-state index contributed by atoms with van der Waals surface area (Å²) in [5.74, 6) is 0.690. The SMILES string of the molecule is S=C(Nc1cccc(Cl)c1)Nc1ccn(Cc2cccc3ccccc23)n1. The van der Waals surface area contributed by atoms with Crippen molar-refractivity contribution < 1.29 is 0 Å². The number of halogens is 1. The Morgan fingerprint density at radius 2 is 1.78 bits per heavy atom. The summed E-state index contributed by atoms with van der Waals surface area (Å²) in [6.07, 6.45) is 1.94. The summed E-state index contributed by atoms with van der Waals surface area (Å²) in [4.78, 5) is 0. The highest BCUT2D eigenvalue weighted by Gasteiger charge is 2.05. The highest BCUT2D eigenvalue weighted by atomic mass is 35.5. The van der Waals surface area contributed by atoms with Crippen LogP contribution in [-0.4, -0.2) is 14.9 Å². The fraction of sp³-hybridized carbons (Fsp3) is 0.0476. The predicted molar refractivity (Wildman–Crippen MR) is 117 cm³/mol. The Bertz CT molecular complexity index is 1100. The first-order valence-corrected chi connectivity index (χ1v) is 9.30. The molecule has 0 saturated carbocycles. The van der Waals surface area contributed by atoms with Gasteiger partial charge in [0.1, 0.15) is 0 Å². The normalized spacial score (nSPS) is 10.7. The summed E-state index contributed by atoms with van der Waals surface area (Å²) in [5.41, 5.74) is 2.05. The average molecular weight is 393 g/mol. The van der Waals surface area contributed by atoms with E-state index in [1.54, 1.807) is 0 Å². The maximum atomic E-state index is 5.99. The molecule has 0 radical (unpaired) electrons. The number of nitrogens with zero attached hydrogens (tertiary/aromatic N) is 2. The number of anilines is 2. The minimum atomic E-state index is 0.465. The van der Waals surface area contributed by atoms with Gasteiger partial charge in [0.05, 0.1) is 6.54 Å². The third-order valence-electron chi connectivity index (χ3n) is 4.18. The first kappa shape index (κ1) is 17.5. The molecule has 4 nitrogen and oxygen atoms in total. The van der Waals surface area contributed by atoms with Gasteiger partial charge in [-0.3, -0.25) is 4.68 Å². The lowest BCUT2D eigenvalue weighted by atomic mass is 10.0. The number of hydrogen-bond acceptors (Lipinski definition) is 2. The van der Waals surface area contributed by atoms with Gasteiger partial charge in [0.15, 0.2) is 10.9 Å². The molecule has 27 heavy (non-hydrogen) atoms. The second-order valence-corrected chi connectivity index (χ2v) is 6.97. The Labute approximate surface area is 167 Å². The molecule has 4 aromatic rings. The number of benzene rings is 3. The highest BCUT2D eigenvalue weighted by molar-refractivity contribution is 7.80. The van der Waals surface area contributed by atoms with E-state index in [1.807, 2.05) is 41.2 Å². The lowest BCUT2D eigenvalue weighted by molar-refractivity contribution is 0.693. The van der Waals surface area contributed by atoms with Crippen LogP contribution >= 0.6 is 23.8 Å². The first-order chi connectivity index (χ1) is 13.2. The van der Waals surface area contributed by atoms with Crippen LogP contribution in [-0.2, 0) is 6.54 Å². The zero-order valence-electron chi connectivity index (χ0n) is 14.4. The van der Waals surface area contributed by atoms with E-state index in [2.05, 4.69) is 58.2 Å². The minimum Gasteiger partial charge on any atom is -0.332 e. The van der Waals surface area contributed by atoms with Crippen LogP contribution in [0.4, 0.5) is 11.5 Å². The summed E-state index contributed by atoms with van der Waals surface area (Å²) in [7, 11) is 0. The Kier molecular flexibility index (Phi) is 5.05. The largest absolute Gasteiger partial charge is 0.332 e. The molecular formula is C21H17ClN4S. The van der Waals surface area contributed by atoms with Crippen LogP contribution < -0.4 is 10.6 Å². The maximum Gasteiger partial charge on any atom is 0.176 e. The van der Waals surface area contributed by atoms with Crippen LogP contribution in [0.3, 0.4) is 0 Å². The number of hydrogen-bond donors (Lipinski definition) is 2. The molecule has 0 amide bonds. The Balaban J connectivity index is 1.44. The number of aromatic nitrogens is 2. The van der Waals surface area contributed by atoms with Crippen molar-refractivity contribution in [1.29, 1.82) is 0 Å². The van der Waals surface area contributed by atoms with Crippen molar-refractivity contribution in [3.05, 3.63) is 89.6 Å². The summed E-state index contributed by atoms with van der Waals surface area (Å²) in [5, 5.41) is 14.4. The highest BCUT2D eigenvalue weighted by Crippen LogP contribution is 2.20. The van der Waals surface area contributed by atoms with Gasteiger partial charge in [0.2, 0.25) is 0 Å². The molecule has 0 fully saturated rings. The molecule has 0 aliphatic rings. The van der Waals surface area contributed by atoms with Gasteiger partial charge in [0, 0.05) is 23.0 Å². The van der Waals surface area contributed by atoms with E-state index in [4.69, 9.17) is 23.8 Å². The minimum absolute atomic E-state index is 0.465. The van der Waals surface area contributed by atoms with Crippen LogP contribution in [0.5, 0.6) is 0 Å². The molecule has 3 aromatic carbocycles. The lowest BCUT2D eigenvalue weighted by Gasteiger charge is -2.09. The molecule has 0 atom stereocenters. The number of nitrogens with one attached hydrogen (secondary N) is 2. The molecule has 4 rings (SSSR count). The lowest BCUT2D eigenvalue weighted by Crippen LogP contribution is -2.19. The van der Waals surface area contributed by atoms with Gasteiger partial charge in [-0.05, 0) is 46.8 Å². The Morgan fingerprint density at radius 1 is 0.963 bits per heavy atom. The average Bonchev–Trinajstić information content (AvgIpc) is 3.09. The molecule has 0 unspecified atom stereocenters. The Hall–Kier alpha value is -2.89. The molecule has 0 spiro atoms. The van der Waals surface area contributed by atoms with Gasteiger partial charge < -0.3 is 10.6 Å². The standard InChI is InChI=1S/C21H17ClN4S/c22-17-8-4-9-18(13-17)23-21(27)24-20-11-12-26(25-20)14-16-7-3-6-15-5-1-2-10-19(15)16/h1-13H,14H2,(H2,23,24,25,27). The molecular weight excluding hydrogens is 376 g/mol. The number of rotatable bonds is 4. The summed E-state index contributed by atoms with van der Waals surface area (Å²) >= 11 is 11.3. The van der Waals surface area contributed by atoms with Crippen molar-refractivity contribution in [1.82, 2.24) is 9.78 Å². The van der Waals surface area contributed by atoms with E-state index >= 15 is 0 Å². The zero-order valence-corrected chi connectivity index (χ0v) is 16.0. The summed E-state index contributed by atoms with van der Waals surface area (Å²) < 4.78 is 1.89. The quantitative estimate of drug-likeness (QED) is 0.447. The van der Waals surface area contributed by atoms with Gasteiger partial charge in [-0.1, -0.05) is 60.1 Å². The van der Waals surface area contributed by atoms with Crippen molar-refractivity contribution in [2.75, 3.05) is 10.6 Å². The Morgan fingerprint density at radius 3 is 2.67 bits per heavy atom. The second-order valence-electron chi connectivity index (χ2n) is 6.13. The number of thiocarbonyl (C=S) groups is 1. The monoisotopic (exact) mass is 392 g/mol. The van der Waals surface area contributed by atoms with E-state index in [9.17, 15) is 0 Å². The van der Waals surface area contributed by atoms with Gasteiger partial charge in [-0.2, -0.15) is 5.10 Å². The van der Waals surface area contributed by atoms with Crippen molar-refractivity contribution in [2.24, 2.45) is 0 Å². The van der Waals surface area contributed by atoms with Gasteiger partial charge in [0.25, 0.3) is 0 Å². The summed E-state index contributed by atoms with van der Waals surface area (Å²) in [6, 6.07) is 24.0. The van der Waals surface area contributed by atoms with Gasteiger partial charge >= 0.3 is 0 Å². The third-order valence-corrected chi connectivity index (χ3v) is 4.62. The molecule has 1 aromatic heterocycles. The predicted octanol–water partition coefficient (Wildman–Crippen LogP) is 5.55. The van der Waals surface area contributed by atoms with Crippen LogP contribution in [0, 0.1) is 0 Å². The van der Waals surface area contributed by atoms with Crippen molar-refractivity contribution in [3.63, 3.8) is 0 Å². The van der Waals surface area contributed by atoms with E-state index in [-0.39, 0.29) is 0 Å². The fourth-order valence-electron chi connectivity index (χ4n) is 2.97. The molecule has 2 N–H and O–H groups in total. The van der Waals surface area contributed by atoms with E-state index in [0.29, 0.717) is 22.5 Å². The number of fused-ring (bicyclic) bond motifs is 1. The topological polar surface area (TPSA) is 41.9 Å². The third kappa shape index (κ3) is 4.27. The van der Waals surface area contributed by atoms with Crippen LogP contribution in [0.25, 0.3) is 10.8 Å². The van der Waals surface area contributed by atoms with E-state index in [1.165, 1.54) is 16.3 Å². The van der Waals surface area contributed by atoms with Crippen LogP contribution in [0.1, 0.15) is 5.56 Å². The van der Waals surface area contributed by atoms with Crippen LogP contribution in [0.15, 0.2) is 79.0 Å². The fourth-order valence-corrected chi connectivity index (χ4v) is 3.38. The smallest absolute Gasteiger partial charge is 0.176 e. The molecule has 0 aliphatic heterocycles. The van der Waals surface area contributed by atoms with Crippen molar-refractivity contribution in [3.8, 4) is 0 Å². The summed E-state index contributed by atoms with van der Waals surface area (Å²) in [6.45, 7) is 0.692. The molecule has 6 heteroatoms. The van der Waals surface area contributed by atoms with E-state index < -0.39 is 0 Å². The molecule has 0 bridgehead atoms. The maximum absolute atomic E-state index is 5.99. The second kappa shape index (κ2) is 7.78. The van der Waals surface area contributed by atoms with E-state index in [0.717, 1.165) is 5.69 Å². The van der Waals surface area contributed by atoms with Gasteiger partial charge in [-0.25, -0.2) is 0 Å². The first-order valence-electron chi connectivity index (χ1n) is 8.51. The molecule has 0 saturated heterocycles. The van der Waals surface area contributed by atoms with Crippen molar-refractivity contribution >= 4 is 51.2 Å².